The summed E-state index contributed by atoms with van der Waals surface area (Å²) in [7, 11) is 0. The van der Waals surface area contributed by atoms with E-state index in [9.17, 15) is 9.59 Å². The van der Waals surface area contributed by atoms with Gasteiger partial charge in [0, 0.05) is 18.4 Å². The fraction of sp³-hybridized carbons (Fsp3) is 0.250. The molecule has 27 heavy (non-hydrogen) atoms. The molecule has 0 atom stereocenters. The minimum atomic E-state index is -0.830. The Morgan fingerprint density at radius 1 is 1.11 bits per heavy atom. The van der Waals surface area contributed by atoms with Crippen LogP contribution in [0.3, 0.4) is 0 Å². The molecule has 1 amide bonds. The van der Waals surface area contributed by atoms with Crippen molar-refractivity contribution in [3.05, 3.63) is 59.8 Å². The summed E-state index contributed by atoms with van der Waals surface area (Å²) in [5.74, 6) is -0.295. The normalized spacial score (nSPS) is 10.7. The van der Waals surface area contributed by atoms with E-state index in [0.29, 0.717) is 36.6 Å². The van der Waals surface area contributed by atoms with Gasteiger partial charge in [-0.3, -0.25) is 9.59 Å². The molecule has 0 saturated carbocycles. The second kappa shape index (κ2) is 8.84. The van der Waals surface area contributed by atoms with Gasteiger partial charge in [-0.05, 0) is 36.2 Å². The van der Waals surface area contributed by atoms with Gasteiger partial charge in [0.05, 0.1) is 13.0 Å². The minimum absolute atomic E-state index is 0.0882. The number of carboxylic acids is 1. The first kappa shape index (κ1) is 18.4. The van der Waals surface area contributed by atoms with Crippen LogP contribution in [0.1, 0.15) is 24.1 Å². The number of nitrogens with one attached hydrogen (secondary N) is 1. The molecule has 1 heterocycles. The summed E-state index contributed by atoms with van der Waals surface area (Å²) in [6.07, 6.45) is 0.705. The lowest BCUT2D eigenvalue weighted by Crippen LogP contribution is -2.24. The smallest absolute Gasteiger partial charge is 0.303 e. The fourth-order valence-electron chi connectivity index (χ4n) is 2.60. The van der Waals surface area contributed by atoms with Crippen LogP contribution < -0.4 is 10.1 Å². The van der Waals surface area contributed by atoms with E-state index in [0.717, 1.165) is 10.9 Å². The van der Waals surface area contributed by atoms with Crippen LogP contribution in [0.5, 0.6) is 5.75 Å². The molecule has 0 bridgehead atoms. The summed E-state index contributed by atoms with van der Waals surface area (Å²) < 4.78 is 10.7. The van der Waals surface area contributed by atoms with Gasteiger partial charge in [0.1, 0.15) is 11.4 Å². The first-order valence-corrected chi connectivity index (χ1v) is 8.65. The van der Waals surface area contributed by atoms with Crippen LogP contribution >= 0.6 is 0 Å². The van der Waals surface area contributed by atoms with E-state index in [1.165, 1.54) is 0 Å². The van der Waals surface area contributed by atoms with Crippen molar-refractivity contribution < 1.29 is 24.0 Å². The predicted molar refractivity (Wildman–Crippen MR) is 98.4 cm³/mol. The molecule has 0 spiro atoms. The van der Waals surface area contributed by atoms with E-state index < -0.39 is 5.97 Å². The molecule has 0 aliphatic heterocycles. The van der Waals surface area contributed by atoms with Crippen molar-refractivity contribution in [1.82, 2.24) is 10.5 Å². The van der Waals surface area contributed by atoms with Gasteiger partial charge in [0.25, 0.3) is 0 Å². The van der Waals surface area contributed by atoms with E-state index >= 15 is 0 Å². The fourth-order valence-corrected chi connectivity index (χ4v) is 2.60. The molecule has 140 valence electrons. The number of aliphatic carboxylic acids is 1. The zero-order chi connectivity index (χ0) is 19.1. The van der Waals surface area contributed by atoms with E-state index in [1.807, 2.05) is 36.4 Å². The molecule has 2 aromatic carbocycles. The molecule has 0 radical (unpaired) electrons. The van der Waals surface area contributed by atoms with E-state index in [-0.39, 0.29) is 18.7 Å². The van der Waals surface area contributed by atoms with Crippen molar-refractivity contribution in [3.8, 4) is 5.75 Å². The summed E-state index contributed by atoms with van der Waals surface area (Å²) in [5.41, 5.74) is 2.22. The van der Waals surface area contributed by atoms with E-state index in [2.05, 4.69) is 10.5 Å². The van der Waals surface area contributed by atoms with Crippen LogP contribution in [-0.2, 0) is 22.6 Å². The molecule has 3 aromatic rings. The number of rotatable bonds is 9. The number of carbonyl (C=O) groups is 2. The lowest BCUT2D eigenvalue weighted by molar-refractivity contribution is -0.137. The Bertz CT molecular complexity index is 918. The maximum atomic E-state index is 12.2. The zero-order valence-electron chi connectivity index (χ0n) is 14.7. The highest BCUT2D eigenvalue weighted by atomic mass is 16.5. The van der Waals surface area contributed by atoms with Crippen LogP contribution in [0.2, 0.25) is 0 Å². The standard InChI is InChI=1S/C20H20N2O5/c23-19(12-17-16-4-1-2-5-18(16)27-22-17)21-13-14-7-9-15(10-8-14)26-11-3-6-20(24)25/h1-2,4-5,7-10H,3,6,11-13H2,(H,21,23)(H,24,25). The molecule has 1 aromatic heterocycles. The summed E-state index contributed by atoms with van der Waals surface area (Å²) in [4.78, 5) is 22.6. The summed E-state index contributed by atoms with van der Waals surface area (Å²) >= 11 is 0. The molecule has 0 unspecified atom stereocenters. The highest BCUT2D eigenvalue weighted by molar-refractivity contribution is 5.86. The van der Waals surface area contributed by atoms with Gasteiger partial charge in [-0.2, -0.15) is 0 Å². The number of hydrogen-bond acceptors (Lipinski definition) is 5. The van der Waals surface area contributed by atoms with Gasteiger partial charge in [0.15, 0.2) is 5.58 Å². The first-order chi connectivity index (χ1) is 13.1. The molecule has 0 fully saturated rings. The van der Waals surface area contributed by atoms with Crippen LogP contribution in [0.15, 0.2) is 53.1 Å². The van der Waals surface area contributed by atoms with Crippen LogP contribution in [-0.4, -0.2) is 28.7 Å². The number of amides is 1. The Balaban J connectivity index is 1.45. The minimum Gasteiger partial charge on any atom is -0.494 e. The van der Waals surface area contributed by atoms with Crippen molar-refractivity contribution in [2.24, 2.45) is 0 Å². The number of nitrogens with zero attached hydrogens (tertiary/aromatic N) is 1. The monoisotopic (exact) mass is 368 g/mol. The van der Waals surface area contributed by atoms with E-state index in [1.54, 1.807) is 12.1 Å². The summed E-state index contributed by atoms with van der Waals surface area (Å²) in [6.45, 7) is 0.752. The summed E-state index contributed by atoms with van der Waals surface area (Å²) in [6, 6.07) is 14.7. The third kappa shape index (κ3) is 5.31. The van der Waals surface area contributed by atoms with Gasteiger partial charge < -0.3 is 19.7 Å². The number of fused-ring (bicyclic) bond motifs is 1. The number of benzene rings is 2. The third-order valence-corrected chi connectivity index (χ3v) is 4.00. The molecule has 0 aliphatic carbocycles. The Hall–Kier alpha value is -3.35. The van der Waals surface area contributed by atoms with Crippen molar-refractivity contribution in [3.63, 3.8) is 0 Å². The molecule has 0 saturated heterocycles. The second-order valence-electron chi connectivity index (χ2n) is 6.07. The zero-order valence-corrected chi connectivity index (χ0v) is 14.7. The van der Waals surface area contributed by atoms with Gasteiger partial charge in [0.2, 0.25) is 5.91 Å². The molecule has 7 nitrogen and oxygen atoms in total. The second-order valence-corrected chi connectivity index (χ2v) is 6.07. The van der Waals surface area contributed by atoms with Crippen LogP contribution in [0, 0.1) is 0 Å². The molecule has 2 N–H and O–H groups in total. The number of hydrogen-bond donors (Lipinski definition) is 2. The lowest BCUT2D eigenvalue weighted by atomic mass is 10.1. The Labute approximate surface area is 155 Å². The SMILES string of the molecule is O=C(O)CCCOc1ccc(CNC(=O)Cc2noc3ccccc23)cc1. The van der Waals surface area contributed by atoms with Gasteiger partial charge in [-0.1, -0.05) is 29.4 Å². The van der Waals surface area contributed by atoms with Crippen molar-refractivity contribution in [1.29, 1.82) is 0 Å². The lowest BCUT2D eigenvalue weighted by Gasteiger charge is -2.07. The topological polar surface area (TPSA) is 102 Å². The van der Waals surface area contributed by atoms with Crippen molar-refractivity contribution in [2.45, 2.75) is 25.8 Å². The average Bonchev–Trinajstić information content (AvgIpc) is 3.07. The summed E-state index contributed by atoms with van der Waals surface area (Å²) in [5, 5.41) is 16.2. The maximum absolute atomic E-state index is 12.2. The Kier molecular flexibility index (Phi) is 6.04. The number of ether oxygens (including phenoxy) is 1. The first-order valence-electron chi connectivity index (χ1n) is 8.65. The van der Waals surface area contributed by atoms with Crippen molar-refractivity contribution >= 4 is 22.8 Å². The Morgan fingerprint density at radius 2 is 1.89 bits per heavy atom. The highest BCUT2D eigenvalue weighted by Gasteiger charge is 2.11. The molecular formula is C20H20N2O5. The van der Waals surface area contributed by atoms with Gasteiger partial charge >= 0.3 is 5.97 Å². The number of carbonyl (C=O) groups excluding carboxylic acids is 1. The molecule has 7 heteroatoms. The third-order valence-electron chi connectivity index (χ3n) is 4.00. The predicted octanol–water partition coefficient (Wildman–Crippen LogP) is 2.93. The average molecular weight is 368 g/mol. The van der Waals surface area contributed by atoms with E-state index in [4.69, 9.17) is 14.4 Å². The van der Waals surface area contributed by atoms with Crippen LogP contribution in [0.25, 0.3) is 11.0 Å². The van der Waals surface area contributed by atoms with Gasteiger partial charge in [-0.15, -0.1) is 0 Å². The molecular weight excluding hydrogens is 348 g/mol. The molecule has 0 aliphatic rings. The van der Waals surface area contributed by atoms with Crippen molar-refractivity contribution in [2.75, 3.05) is 6.61 Å². The largest absolute Gasteiger partial charge is 0.494 e. The van der Waals surface area contributed by atoms with Crippen LogP contribution in [0.4, 0.5) is 0 Å². The molecule has 3 rings (SSSR count). The number of aromatic nitrogens is 1. The number of para-hydroxylation sites is 1. The van der Waals surface area contributed by atoms with Gasteiger partial charge in [-0.25, -0.2) is 0 Å². The quantitative estimate of drug-likeness (QED) is 0.563. The highest BCUT2D eigenvalue weighted by Crippen LogP contribution is 2.18. The number of carboxylic acid groups (broad SMARTS) is 1. The maximum Gasteiger partial charge on any atom is 0.303 e. The Morgan fingerprint density at radius 3 is 2.67 bits per heavy atom.